The van der Waals surface area contributed by atoms with Crippen molar-refractivity contribution in [3.63, 3.8) is 0 Å². The van der Waals surface area contributed by atoms with Crippen LogP contribution in [0.1, 0.15) is 26.2 Å². The van der Waals surface area contributed by atoms with Crippen molar-refractivity contribution in [3.05, 3.63) is 0 Å². The van der Waals surface area contributed by atoms with Gasteiger partial charge in [0.15, 0.2) is 4.93 Å². The fraction of sp³-hybridized carbons (Fsp3) is 0.833. The van der Waals surface area contributed by atoms with Gasteiger partial charge in [-0.2, -0.15) is 0 Å². The van der Waals surface area contributed by atoms with E-state index >= 15 is 0 Å². The highest BCUT2D eigenvalue weighted by molar-refractivity contribution is 7.81. The third kappa shape index (κ3) is 1.61. The molecule has 1 rings (SSSR count). The summed E-state index contributed by atoms with van der Waals surface area (Å²) in [5.74, 6) is -0.232. The lowest BCUT2D eigenvalue weighted by Gasteiger charge is -2.35. The van der Waals surface area contributed by atoms with Gasteiger partial charge in [-0.3, -0.25) is 4.79 Å². The number of hydrogen-bond donors (Lipinski definition) is 1. The Morgan fingerprint density at radius 2 is 2.22 bits per heavy atom. The first-order chi connectivity index (χ1) is 4.12. The summed E-state index contributed by atoms with van der Waals surface area (Å²) in [6, 6.07) is 0. The molecule has 0 aromatic rings. The first-order valence-corrected chi connectivity index (χ1v) is 3.49. The SMILES string of the molecule is CC(=O)OC1(S)CCC1. The van der Waals surface area contributed by atoms with Crippen molar-refractivity contribution in [2.75, 3.05) is 0 Å². The summed E-state index contributed by atoms with van der Waals surface area (Å²) >= 11 is 4.17. The van der Waals surface area contributed by atoms with E-state index in [2.05, 4.69) is 12.6 Å². The Labute approximate surface area is 60.0 Å². The summed E-state index contributed by atoms with van der Waals surface area (Å²) < 4.78 is 4.90. The van der Waals surface area contributed by atoms with Crippen LogP contribution >= 0.6 is 12.6 Å². The van der Waals surface area contributed by atoms with Crippen molar-refractivity contribution in [1.29, 1.82) is 0 Å². The van der Waals surface area contributed by atoms with Crippen LogP contribution in [-0.2, 0) is 9.53 Å². The molecule has 0 radical (unpaired) electrons. The predicted molar refractivity (Wildman–Crippen MR) is 37.3 cm³/mol. The molecule has 0 heterocycles. The Hall–Kier alpha value is -0.180. The standard InChI is InChI=1S/C6H10O2S/c1-5(7)8-6(9)3-2-4-6/h9H,2-4H2,1H3. The van der Waals surface area contributed by atoms with Crippen molar-refractivity contribution >= 4 is 18.6 Å². The van der Waals surface area contributed by atoms with Gasteiger partial charge in [0.2, 0.25) is 0 Å². The van der Waals surface area contributed by atoms with Crippen LogP contribution in [0.15, 0.2) is 0 Å². The van der Waals surface area contributed by atoms with E-state index < -0.39 is 4.93 Å². The van der Waals surface area contributed by atoms with Gasteiger partial charge in [-0.25, -0.2) is 0 Å². The summed E-state index contributed by atoms with van der Waals surface area (Å²) in [4.78, 5) is 9.97. The Morgan fingerprint density at radius 3 is 2.33 bits per heavy atom. The van der Waals surface area contributed by atoms with Gasteiger partial charge < -0.3 is 4.74 Å². The summed E-state index contributed by atoms with van der Waals surface area (Å²) in [6.45, 7) is 1.41. The molecule has 0 unspecified atom stereocenters. The third-order valence-electron chi connectivity index (χ3n) is 1.47. The second-order valence-corrected chi connectivity index (χ2v) is 3.21. The molecule has 1 saturated carbocycles. The molecular weight excluding hydrogens is 136 g/mol. The smallest absolute Gasteiger partial charge is 0.304 e. The van der Waals surface area contributed by atoms with Crippen LogP contribution in [0.25, 0.3) is 0 Å². The molecule has 1 fully saturated rings. The van der Waals surface area contributed by atoms with Crippen LogP contribution in [0.4, 0.5) is 0 Å². The first kappa shape index (κ1) is 6.93. The fourth-order valence-corrected chi connectivity index (χ4v) is 1.29. The van der Waals surface area contributed by atoms with E-state index in [4.69, 9.17) is 4.74 Å². The zero-order valence-corrected chi connectivity index (χ0v) is 6.28. The number of ether oxygens (including phenoxy) is 1. The summed E-state index contributed by atoms with van der Waals surface area (Å²) in [5.41, 5.74) is 0. The Kier molecular flexibility index (Phi) is 1.70. The van der Waals surface area contributed by atoms with Gasteiger partial charge in [-0.15, -0.1) is 12.6 Å². The van der Waals surface area contributed by atoms with Gasteiger partial charge in [-0.1, -0.05) is 0 Å². The Balaban J connectivity index is 2.33. The number of esters is 1. The van der Waals surface area contributed by atoms with E-state index in [0.29, 0.717) is 0 Å². The van der Waals surface area contributed by atoms with E-state index in [9.17, 15) is 4.79 Å². The molecule has 0 saturated heterocycles. The number of carbonyl (C=O) groups is 1. The molecule has 3 heteroatoms. The van der Waals surface area contributed by atoms with E-state index in [-0.39, 0.29) is 5.97 Å². The van der Waals surface area contributed by atoms with Gasteiger partial charge in [0.05, 0.1) is 0 Å². The lowest BCUT2D eigenvalue weighted by molar-refractivity contribution is -0.153. The second-order valence-electron chi connectivity index (χ2n) is 2.39. The molecule has 0 bridgehead atoms. The van der Waals surface area contributed by atoms with Gasteiger partial charge in [0.1, 0.15) is 0 Å². The van der Waals surface area contributed by atoms with Crippen LogP contribution in [-0.4, -0.2) is 10.9 Å². The van der Waals surface area contributed by atoms with Crippen molar-refractivity contribution < 1.29 is 9.53 Å². The second kappa shape index (κ2) is 2.21. The number of carbonyl (C=O) groups excluding carboxylic acids is 1. The zero-order chi connectivity index (χ0) is 6.91. The van der Waals surface area contributed by atoms with Crippen LogP contribution in [0.2, 0.25) is 0 Å². The van der Waals surface area contributed by atoms with Crippen molar-refractivity contribution in [3.8, 4) is 0 Å². The minimum atomic E-state index is -0.411. The highest BCUT2D eigenvalue weighted by Gasteiger charge is 2.35. The maximum atomic E-state index is 10.4. The van der Waals surface area contributed by atoms with Crippen LogP contribution in [0.3, 0.4) is 0 Å². The minimum absolute atomic E-state index is 0.232. The molecule has 2 nitrogen and oxygen atoms in total. The van der Waals surface area contributed by atoms with Crippen molar-refractivity contribution in [1.82, 2.24) is 0 Å². The molecule has 1 aliphatic carbocycles. The summed E-state index contributed by atoms with van der Waals surface area (Å²) in [7, 11) is 0. The molecule has 0 N–H and O–H groups in total. The third-order valence-corrected chi connectivity index (χ3v) is 2.01. The van der Waals surface area contributed by atoms with E-state index in [1.54, 1.807) is 0 Å². The predicted octanol–water partition coefficient (Wildman–Crippen LogP) is 1.36. The Morgan fingerprint density at radius 1 is 1.67 bits per heavy atom. The van der Waals surface area contributed by atoms with Gasteiger partial charge in [-0.05, 0) is 19.3 Å². The molecule has 0 aromatic heterocycles. The Bertz CT molecular complexity index is 129. The molecule has 0 aromatic carbocycles. The van der Waals surface area contributed by atoms with Gasteiger partial charge in [0, 0.05) is 6.92 Å². The number of thiol groups is 1. The molecular formula is C6H10O2S. The highest BCUT2D eigenvalue weighted by atomic mass is 32.1. The zero-order valence-electron chi connectivity index (χ0n) is 5.39. The molecule has 9 heavy (non-hydrogen) atoms. The average molecular weight is 146 g/mol. The maximum absolute atomic E-state index is 10.4. The molecule has 52 valence electrons. The quantitative estimate of drug-likeness (QED) is 0.343. The normalized spacial score (nSPS) is 22.4. The van der Waals surface area contributed by atoms with E-state index in [1.165, 1.54) is 6.92 Å². The summed E-state index contributed by atoms with van der Waals surface area (Å²) in [5, 5.41) is 0. The van der Waals surface area contributed by atoms with Crippen LogP contribution in [0, 0.1) is 0 Å². The fourth-order valence-electron chi connectivity index (χ4n) is 0.849. The number of rotatable bonds is 1. The molecule has 0 amide bonds. The first-order valence-electron chi connectivity index (χ1n) is 3.04. The topological polar surface area (TPSA) is 26.3 Å². The summed E-state index contributed by atoms with van der Waals surface area (Å²) in [6.07, 6.45) is 2.92. The molecule has 0 spiro atoms. The van der Waals surface area contributed by atoms with Crippen LogP contribution in [0.5, 0.6) is 0 Å². The molecule has 0 atom stereocenters. The lowest BCUT2D eigenvalue weighted by atomic mass is 9.95. The largest absolute Gasteiger partial charge is 0.448 e. The number of hydrogen-bond acceptors (Lipinski definition) is 3. The van der Waals surface area contributed by atoms with Gasteiger partial charge in [0.25, 0.3) is 0 Å². The van der Waals surface area contributed by atoms with Gasteiger partial charge >= 0.3 is 5.97 Å². The molecule has 1 aliphatic rings. The maximum Gasteiger partial charge on any atom is 0.304 e. The highest BCUT2D eigenvalue weighted by Crippen LogP contribution is 2.38. The van der Waals surface area contributed by atoms with E-state index in [0.717, 1.165) is 19.3 Å². The van der Waals surface area contributed by atoms with Crippen molar-refractivity contribution in [2.24, 2.45) is 0 Å². The average Bonchev–Trinajstić information content (AvgIpc) is 1.60. The monoisotopic (exact) mass is 146 g/mol. The van der Waals surface area contributed by atoms with Crippen LogP contribution < -0.4 is 0 Å². The molecule has 0 aliphatic heterocycles. The van der Waals surface area contributed by atoms with E-state index in [1.807, 2.05) is 0 Å². The lowest BCUT2D eigenvalue weighted by Crippen LogP contribution is -2.35. The van der Waals surface area contributed by atoms with Crippen molar-refractivity contribution in [2.45, 2.75) is 31.1 Å². The minimum Gasteiger partial charge on any atom is -0.448 e.